The van der Waals surface area contributed by atoms with Gasteiger partial charge in [-0.2, -0.15) is 0 Å². The topological polar surface area (TPSA) is 32.8 Å². The van der Waals surface area contributed by atoms with Crippen molar-refractivity contribution in [1.29, 1.82) is 0 Å². The lowest BCUT2D eigenvalue weighted by Gasteiger charge is -2.39. The lowest BCUT2D eigenvalue weighted by Crippen LogP contribution is -2.42. The summed E-state index contributed by atoms with van der Waals surface area (Å²) in [6.45, 7) is 7.46. The summed E-state index contributed by atoms with van der Waals surface area (Å²) < 4.78 is 6.10. The van der Waals surface area contributed by atoms with E-state index in [0.29, 0.717) is 24.3 Å². The van der Waals surface area contributed by atoms with Crippen LogP contribution >= 0.6 is 27.3 Å². The Morgan fingerprint density at radius 2 is 1.79 bits per heavy atom. The molecule has 2 rings (SSSR count). The molecule has 0 unspecified atom stereocenters. The predicted octanol–water partition coefficient (Wildman–Crippen LogP) is 4.69. The molecule has 0 bridgehead atoms. The summed E-state index contributed by atoms with van der Waals surface area (Å²) in [6.07, 6.45) is 4.90. The molecule has 0 saturated heterocycles. The SMILES string of the molecule is CCOC(=O)c1c(Br)sc(N(CC)[C@H]2CC[C@H](N(C)C)CC2)c1C. The van der Waals surface area contributed by atoms with E-state index in [1.165, 1.54) is 30.7 Å². The van der Waals surface area contributed by atoms with Crippen LogP contribution in [0.15, 0.2) is 3.79 Å². The monoisotopic (exact) mass is 416 g/mol. The molecule has 1 aliphatic rings. The maximum absolute atomic E-state index is 12.2. The number of thiophene rings is 1. The Bertz CT molecular complexity index is 566. The quantitative estimate of drug-likeness (QED) is 0.629. The number of carbonyl (C=O) groups is 1. The zero-order valence-corrected chi connectivity index (χ0v) is 17.8. The predicted molar refractivity (Wildman–Crippen MR) is 105 cm³/mol. The highest BCUT2D eigenvalue weighted by atomic mass is 79.9. The second kappa shape index (κ2) is 8.68. The smallest absolute Gasteiger partial charge is 0.340 e. The standard InChI is InChI=1S/C18H29BrN2O2S/c1-6-21(14-10-8-13(9-11-14)20(4)5)17-12(3)15(16(19)24-17)18(22)23-7-2/h13-14H,6-11H2,1-5H3/t13-,14-. The van der Waals surface area contributed by atoms with Gasteiger partial charge in [-0.3, -0.25) is 0 Å². The second-order valence-electron chi connectivity index (χ2n) is 6.61. The fourth-order valence-electron chi connectivity index (χ4n) is 3.63. The van der Waals surface area contributed by atoms with Gasteiger partial charge in [-0.05, 0) is 82.0 Å². The third-order valence-corrected chi connectivity index (χ3v) is 7.00. The first kappa shape index (κ1) is 19.7. The van der Waals surface area contributed by atoms with Crippen LogP contribution in [0.25, 0.3) is 0 Å². The van der Waals surface area contributed by atoms with E-state index in [-0.39, 0.29) is 5.97 Å². The number of ether oxygens (including phenoxy) is 1. The Balaban J connectivity index is 2.20. The zero-order valence-electron chi connectivity index (χ0n) is 15.4. The number of hydrogen-bond acceptors (Lipinski definition) is 5. The van der Waals surface area contributed by atoms with Gasteiger partial charge < -0.3 is 14.5 Å². The lowest BCUT2D eigenvalue weighted by atomic mass is 9.89. The van der Waals surface area contributed by atoms with E-state index in [4.69, 9.17) is 4.74 Å². The molecule has 0 spiro atoms. The van der Waals surface area contributed by atoms with Gasteiger partial charge >= 0.3 is 5.97 Å². The number of esters is 1. The van der Waals surface area contributed by atoms with Gasteiger partial charge in [0.05, 0.1) is 21.0 Å². The summed E-state index contributed by atoms with van der Waals surface area (Å²) in [6, 6.07) is 1.26. The third kappa shape index (κ3) is 4.14. The maximum Gasteiger partial charge on any atom is 0.340 e. The molecule has 0 amide bonds. The summed E-state index contributed by atoms with van der Waals surface area (Å²) in [5.74, 6) is -0.225. The van der Waals surface area contributed by atoms with Gasteiger partial charge in [-0.15, -0.1) is 11.3 Å². The molecule has 1 saturated carbocycles. The molecule has 1 aliphatic carbocycles. The van der Waals surface area contributed by atoms with E-state index >= 15 is 0 Å². The van der Waals surface area contributed by atoms with Crippen molar-refractivity contribution >= 4 is 38.2 Å². The number of halogens is 1. The Morgan fingerprint density at radius 3 is 2.29 bits per heavy atom. The van der Waals surface area contributed by atoms with Crippen molar-refractivity contribution < 1.29 is 9.53 Å². The average Bonchev–Trinajstić information content (AvgIpc) is 2.83. The van der Waals surface area contributed by atoms with Crippen molar-refractivity contribution in [2.45, 2.75) is 58.5 Å². The highest BCUT2D eigenvalue weighted by molar-refractivity contribution is 9.11. The summed E-state index contributed by atoms with van der Waals surface area (Å²) in [4.78, 5) is 17.1. The van der Waals surface area contributed by atoms with Crippen LogP contribution < -0.4 is 4.90 Å². The molecule has 0 radical (unpaired) electrons. The first-order valence-corrected chi connectivity index (χ1v) is 10.4. The van der Waals surface area contributed by atoms with Crippen LogP contribution in [0.4, 0.5) is 5.00 Å². The largest absolute Gasteiger partial charge is 0.462 e. The molecule has 1 fully saturated rings. The van der Waals surface area contributed by atoms with Gasteiger partial charge in [-0.25, -0.2) is 4.79 Å². The van der Waals surface area contributed by atoms with Gasteiger partial charge in [-0.1, -0.05) is 0 Å². The number of carbonyl (C=O) groups excluding carboxylic acids is 1. The molecular formula is C18H29BrN2O2S. The molecule has 4 nitrogen and oxygen atoms in total. The minimum Gasteiger partial charge on any atom is -0.462 e. The Hall–Kier alpha value is -0.590. The Kier molecular flexibility index (Phi) is 7.13. The van der Waals surface area contributed by atoms with Crippen molar-refractivity contribution in [3.8, 4) is 0 Å². The molecule has 136 valence electrons. The molecule has 1 aromatic rings. The average molecular weight is 417 g/mol. The molecule has 0 atom stereocenters. The van der Waals surface area contributed by atoms with Crippen LogP contribution in [0, 0.1) is 6.92 Å². The molecule has 1 heterocycles. The zero-order chi connectivity index (χ0) is 17.9. The van der Waals surface area contributed by atoms with Gasteiger partial charge in [0.2, 0.25) is 0 Å². The number of nitrogens with zero attached hydrogens (tertiary/aromatic N) is 2. The van der Waals surface area contributed by atoms with E-state index in [0.717, 1.165) is 15.9 Å². The van der Waals surface area contributed by atoms with Crippen molar-refractivity contribution in [2.24, 2.45) is 0 Å². The Labute approximate surface area is 158 Å². The summed E-state index contributed by atoms with van der Waals surface area (Å²) >= 11 is 5.23. The van der Waals surface area contributed by atoms with Crippen molar-refractivity contribution in [2.75, 3.05) is 32.1 Å². The van der Waals surface area contributed by atoms with Crippen LogP contribution in [-0.4, -0.2) is 50.2 Å². The Morgan fingerprint density at radius 1 is 1.21 bits per heavy atom. The normalized spacial score (nSPS) is 21.1. The van der Waals surface area contributed by atoms with Crippen molar-refractivity contribution in [1.82, 2.24) is 4.90 Å². The maximum atomic E-state index is 12.2. The molecule has 1 aromatic heterocycles. The van der Waals surface area contributed by atoms with Crippen LogP contribution in [0.2, 0.25) is 0 Å². The van der Waals surface area contributed by atoms with Gasteiger partial charge in [0.1, 0.15) is 0 Å². The molecule has 0 aromatic carbocycles. The summed E-state index contributed by atoms with van der Waals surface area (Å²) in [5.41, 5.74) is 1.74. The van der Waals surface area contributed by atoms with E-state index < -0.39 is 0 Å². The van der Waals surface area contributed by atoms with Crippen LogP contribution in [0.5, 0.6) is 0 Å². The lowest BCUT2D eigenvalue weighted by molar-refractivity contribution is 0.0525. The minimum absolute atomic E-state index is 0.225. The fourth-order valence-corrected chi connectivity index (χ4v) is 5.71. The highest BCUT2D eigenvalue weighted by Gasteiger charge is 2.30. The first-order valence-electron chi connectivity index (χ1n) is 8.79. The summed E-state index contributed by atoms with van der Waals surface area (Å²) in [7, 11) is 4.35. The van der Waals surface area contributed by atoms with Crippen LogP contribution in [0.3, 0.4) is 0 Å². The van der Waals surface area contributed by atoms with E-state index in [1.54, 1.807) is 11.3 Å². The van der Waals surface area contributed by atoms with Gasteiger partial charge in [0.15, 0.2) is 0 Å². The van der Waals surface area contributed by atoms with E-state index in [9.17, 15) is 4.79 Å². The third-order valence-electron chi connectivity index (χ3n) is 5.00. The number of rotatable bonds is 6. The van der Waals surface area contributed by atoms with Crippen LogP contribution in [-0.2, 0) is 4.74 Å². The highest BCUT2D eigenvalue weighted by Crippen LogP contribution is 2.42. The van der Waals surface area contributed by atoms with Gasteiger partial charge in [0, 0.05) is 18.6 Å². The van der Waals surface area contributed by atoms with Gasteiger partial charge in [0.25, 0.3) is 0 Å². The molecular weight excluding hydrogens is 388 g/mol. The molecule has 0 aliphatic heterocycles. The van der Waals surface area contributed by atoms with Crippen molar-refractivity contribution in [3.05, 3.63) is 14.9 Å². The molecule has 24 heavy (non-hydrogen) atoms. The first-order chi connectivity index (χ1) is 11.4. The number of hydrogen-bond donors (Lipinski definition) is 0. The van der Waals surface area contributed by atoms with E-state index in [1.807, 2.05) is 13.8 Å². The second-order valence-corrected chi connectivity index (χ2v) is 8.93. The van der Waals surface area contributed by atoms with E-state index in [2.05, 4.69) is 46.7 Å². The van der Waals surface area contributed by atoms with Crippen molar-refractivity contribution in [3.63, 3.8) is 0 Å². The molecule has 0 N–H and O–H groups in total. The van der Waals surface area contributed by atoms with Crippen LogP contribution in [0.1, 0.15) is 55.5 Å². The number of anilines is 1. The minimum atomic E-state index is -0.225. The fraction of sp³-hybridized carbons (Fsp3) is 0.722. The molecule has 6 heteroatoms. The summed E-state index contributed by atoms with van der Waals surface area (Å²) in [5, 5.41) is 1.21.